The lowest BCUT2D eigenvalue weighted by atomic mass is 10.2. The quantitative estimate of drug-likeness (QED) is 0.881. The molecule has 2 amide bonds. The fourth-order valence-electron chi connectivity index (χ4n) is 1.62. The smallest absolute Gasteiger partial charge is 0.414 e. The molecule has 1 aromatic rings. The van der Waals surface area contributed by atoms with Crippen LogP contribution in [0.15, 0.2) is 18.2 Å². The first kappa shape index (κ1) is 11.7. The van der Waals surface area contributed by atoms with Crippen LogP contribution in [-0.4, -0.2) is 25.2 Å². The summed E-state index contributed by atoms with van der Waals surface area (Å²) in [5, 5.41) is 3.01. The zero-order valence-electron chi connectivity index (χ0n) is 9.20. The van der Waals surface area contributed by atoms with E-state index < -0.39 is 6.09 Å². The van der Waals surface area contributed by atoms with Crippen molar-refractivity contribution in [2.24, 2.45) is 0 Å². The molecule has 6 heteroatoms. The Morgan fingerprint density at radius 2 is 2.29 bits per heavy atom. The summed E-state index contributed by atoms with van der Waals surface area (Å²) in [6, 6.07) is 4.97. The van der Waals surface area contributed by atoms with Gasteiger partial charge in [-0.1, -0.05) is 11.6 Å². The molecule has 0 aromatic heterocycles. The number of carbonyl (C=O) groups is 2. The Hall–Kier alpha value is -1.75. The van der Waals surface area contributed by atoms with E-state index in [9.17, 15) is 9.59 Å². The number of cyclic esters (lactones) is 1. The molecule has 1 aromatic carbocycles. The minimum absolute atomic E-state index is 0.172. The summed E-state index contributed by atoms with van der Waals surface area (Å²) >= 11 is 6.06. The minimum Gasteiger partial charge on any atom is -0.447 e. The van der Waals surface area contributed by atoms with E-state index in [0.717, 1.165) is 0 Å². The molecule has 0 aliphatic carbocycles. The van der Waals surface area contributed by atoms with Crippen LogP contribution in [-0.2, 0) is 9.53 Å². The molecule has 90 valence electrons. The van der Waals surface area contributed by atoms with E-state index in [2.05, 4.69) is 5.32 Å². The average molecular weight is 255 g/mol. The Labute approximate surface area is 103 Å². The molecule has 1 aliphatic rings. The maximum absolute atomic E-state index is 11.4. The molecule has 5 nitrogen and oxygen atoms in total. The number of rotatable bonds is 2. The maximum Gasteiger partial charge on any atom is 0.414 e. The number of halogens is 1. The van der Waals surface area contributed by atoms with Crippen LogP contribution in [0.1, 0.15) is 6.92 Å². The van der Waals surface area contributed by atoms with Gasteiger partial charge in [0, 0.05) is 12.6 Å². The predicted molar refractivity (Wildman–Crippen MR) is 64.4 cm³/mol. The van der Waals surface area contributed by atoms with Gasteiger partial charge in [0.15, 0.2) is 0 Å². The third-order valence-corrected chi connectivity index (χ3v) is 2.62. The lowest BCUT2D eigenvalue weighted by Crippen LogP contribution is -2.23. The summed E-state index contributed by atoms with van der Waals surface area (Å²) in [5.41, 5.74) is 1.18. The van der Waals surface area contributed by atoms with Crippen molar-refractivity contribution >= 4 is 35.0 Å². The number of ether oxygens (including phenoxy) is 1. The van der Waals surface area contributed by atoms with Gasteiger partial charge in [0.2, 0.25) is 5.91 Å². The molecule has 0 spiro atoms. The lowest BCUT2D eigenvalue weighted by molar-refractivity contribution is -0.114. The molecule has 0 saturated carbocycles. The SMILES string of the molecule is CC(=O)Nc1ccc(N2CCOC2=O)c(Cl)c1. The van der Waals surface area contributed by atoms with Crippen LogP contribution in [0, 0.1) is 0 Å². The van der Waals surface area contributed by atoms with Gasteiger partial charge in [-0.15, -0.1) is 0 Å². The second kappa shape index (κ2) is 4.63. The largest absolute Gasteiger partial charge is 0.447 e. The van der Waals surface area contributed by atoms with E-state index in [4.69, 9.17) is 16.3 Å². The first-order valence-corrected chi connectivity index (χ1v) is 5.47. The normalized spacial score (nSPS) is 14.7. The summed E-state index contributed by atoms with van der Waals surface area (Å²) in [5.74, 6) is -0.172. The Balaban J connectivity index is 2.25. The molecule has 1 saturated heterocycles. The van der Waals surface area contributed by atoms with Crippen molar-refractivity contribution in [3.05, 3.63) is 23.2 Å². The zero-order valence-corrected chi connectivity index (χ0v) is 9.95. The van der Waals surface area contributed by atoms with Gasteiger partial charge >= 0.3 is 6.09 Å². The molecule has 17 heavy (non-hydrogen) atoms. The number of anilines is 2. The highest BCUT2D eigenvalue weighted by Gasteiger charge is 2.25. The van der Waals surface area contributed by atoms with Crippen molar-refractivity contribution < 1.29 is 14.3 Å². The number of hydrogen-bond donors (Lipinski definition) is 1. The van der Waals surface area contributed by atoms with Crippen LogP contribution < -0.4 is 10.2 Å². The summed E-state index contributed by atoms with van der Waals surface area (Å²) < 4.78 is 4.83. The molecule has 0 unspecified atom stereocenters. The van der Waals surface area contributed by atoms with Crippen molar-refractivity contribution in [2.75, 3.05) is 23.4 Å². The van der Waals surface area contributed by atoms with Crippen molar-refractivity contribution in [2.45, 2.75) is 6.92 Å². The van der Waals surface area contributed by atoms with Gasteiger partial charge in [0.25, 0.3) is 0 Å². The Bertz CT molecular complexity index is 476. The van der Waals surface area contributed by atoms with E-state index in [1.54, 1.807) is 18.2 Å². The number of hydrogen-bond acceptors (Lipinski definition) is 3. The molecular weight excluding hydrogens is 244 g/mol. The molecule has 1 N–H and O–H groups in total. The van der Waals surface area contributed by atoms with Crippen molar-refractivity contribution in [1.82, 2.24) is 0 Å². The number of nitrogens with zero attached hydrogens (tertiary/aromatic N) is 1. The highest BCUT2D eigenvalue weighted by atomic mass is 35.5. The molecule has 1 heterocycles. The molecule has 0 bridgehead atoms. The van der Waals surface area contributed by atoms with Crippen LogP contribution in [0.4, 0.5) is 16.2 Å². The molecule has 0 atom stereocenters. The van der Waals surface area contributed by atoms with Gasteiger partial charge in [0.1, 0.15) is 6.61 Å². The summed E-state index contributed by atoms with van der Waals surface area (Å²) in [6.45, 7) is 2.26. The number of amides is 2. The minimum atomic E-state index is -0.404. The average Bonchev–Trinajstić information content (AvgIpc) is 2.64. The van der Waals surface area contributed by atoms with Crippen molar-refractivity contribution in [3.8, 4) is 0 Å². The van der Waals surface area contributed by atoms with E-state index >= 15 is 0 Å². The first-order valence-electron chi connectivity index (χ1n) is 5.09. The third-order valence-electron chi connectivity index (χ3n) is 2.32. The Kier molecular flexibility index (Phi) is 3.19. The highest BCUT2D eigenvalue weighted by Crippen LogP contribution is 2.30. The molecule has 0 radical (unpaired) electrons. The summed E-state index contributed by atoms with van der Waals surface area (Å²) in [4.78, 5) is 23.7. The van der Waals surface area contributed by atoms with Gasteiger partial charge in [-0.25, -0.2) is 4.79 Å². The third kappa shape index (κ3) is 2.50. The van der Waals surface area contributed by atoms with Crippen LogP contribution in [0.2, 0.25) is 5.02 Å². The fraction of sp³-hybridized carbons (Fsp3) is 0.273. The van der Waals surface area contributed by atoms with Gasteiger partial charge in [-0.2, -0.15) is 0 Å². The Morgan fingerprint density at radius 1 is 1.53 bits per heavy atom. The van der Waals surface area contributed by atoms with Gasteiger partial charge in [-0.3, -0.25) is 9.69 Å². The number of carbonyl (C=O) groups excluding carboxylic acids is 2. The van der Waals surface area contributed by atoms with E-state index in [0.29, 0.717) is 29.5 Å². The van der Waals surface area contributed by atoms with Gasteiger partial charge in [0.05, 0.1) is 17.3 Å². The van der Waals surface area contributed by atoms with E-state index in [1.807, 2.05) is 0 Å². The van der Waals surface area contributed by atoms with Crippen LogP contribution in [0.5, 0.6) is 0 Å². The first-order chi connectivity index (χ1) is 8.08. The zero-order chi connectivity index (χ0) is 12.4. The lowest BCUT2D eigenvalue weighted by Gasteiger charge is -2.15. The second-order valence-electron chi connectivity index (χ2n) is 3.61. The fourth-order valence-corrected chi connectivity index (χ4v) is 1.90. The topological polar surface area (TPSA) is 58.6 Å². The number of benzene rings is 1. The van der Waals surface area contributed by atoms with E-state index in [1.165, 1.54) is 11.8 Å². The van der Waals surface area contributed by atoms with Crippen molar-refractivity contribution in [1.29, 1.82) is 0 Å². The van der Waals surface area contributed by atoms with Gasteiger partial charge < -0.3 is 10.1 Å². The van der Waals surface area contributed by atoms with Crippen LogP contribution in [0.3, 0.4) is 0 Å². The predicted octanol–water partition coefficient (Wildman–Crippen LogP) is 2.25. The standard InChI is InChI=1S/C11H11ClN2O3/c1-7(15)13-8-2-3-10(9(12)6-8)14-4-5-17-11(14)16/h2-3,6H,4-5H2,1H3,(H,13,15). The molecule has 2 rings (SSSR count). The summed E-state index contributed by atoms with van der Waals surface area (Å²) in [7, 11) is 0. The highest BCUT2D eigenvalue weighted by molar-refractivity contribution is 6.34. The molecule has 1 fully saturated rings. The molecule has 1 aliphatic heterocycles. The van der Waals surface area contributed by atoms with E-state index in [-0.39, 0.29) is 5.91 Å². The number of nitrogens with one attached hydrogen (secondary N) is 1. The molecular formula is C11H11ClN2O3. The van der Waals surface area contributed by atoms with Crippen LogP contribution >= 0.6 is 11.6 Å². The monoisotopic (exact) mass is 254 g/mol. The maximum atomic E-state index is 11.4. The Morgan fingerprint density at radius 3 is 2.82 bits per heavy atom. The van der Waals surface area contributed by atoms with Crippen molar-refractivity contribution in [3.63, 3.8) is 0 Å². The van der Waals surface area contributed by atoms with Gasteiger partial charge in [-0.05, 0) is 18.2 Å². The second-order valence-corrected chi connectivity index (χ2v) is 4.02. The summed E-state index contributed by atoms with van der Waals surface area (Å²) in [6.07, 6.45) is -0.404. The van der Waals surface area contributed by atoms with Crippen LogP contribution in [0.25, 0.3) is 0 Å².